The van der Waals surface area contributed by atoms with Crippen molar-refractivity contribution in [3.63, 3.8) is 0 Å². The van der Waals surface area contributed by atoms with Gasteiger partial charge in [0.2, 0.25) is 0 Å². The highest BCUT2D eigenvalue weighted by molar-refractivity contribution is 8.08. The van der Waals surface area contributed by atoms with E-state index in [1.165, 1.54) is 38.5 Å². The molecule has 0 saturated heterocycles. The largest absolute Gasteiger partial charge is 0.497 e. The lowest BCUT2D eigenvalue weighted by molar-refractivity contribution is -0.535. The van der Waals surface area contributed by atoms with Gasteiger partial charge in [-0.25, -0.2) is 0 Å². The third-order valence-electron chi connectivity index (χ3n) is 8.41. The normalized spacial score (nSPS) is 29.7. The van der Waals surface area contributed by atoms with Crippen LogP contribution in [0.3, 0.4) is 0 Å². The number of benzene rings is 1. The van der Waals surface area contributed by atoms with Gasteiger partial charge in [0.25, 0.3) is 5.56 Å². The number of methoxy groups -OCH3 is 1. The fourth-order valence-corrected chi connectivity index (χ4v) is 8.91. The number of ether oxygens (including phenoxy) is 2. The number of thiazole rings is 1. The lowest BCUT2D eigenvalue weighted by Gasteiger charge is -2.39. The summed E-state index contributed by atoms with van der Waals surface area (Å²) in [6, 6.07) is 6.53. The van der Waals surface area contributed by atoms with E-state index in [-0.39, 0.29) is 5.56 Å². The summed E-state index contributed by atoms with van der Waals surface area (Å²) in [5, 5.41) is 0.981. The molecular weight excluding hydrogens is 478 g/mol. The molecule has 2 aliphatic heterocycles. The third kappa shape index (κ3) is 3.75. The van der Waals surface area contributed by atoms with Crippen LogP contribution in [0, 0.1) is 11.8 Å². The lowest BCUT2D eigenvalue weighted by Crippen LogP contribution is -2.45. The van der Waals surface area contributed by atoms with Gasteiger partial charge in [-0.2, -0.15) is 4.58 Å². The Balaban J connectivity index is 1.40. The van der Waals surface area contributed by atoms with Gasteiger partial charge in [0.15, 0.2) is 12.1 Å². The van der Waals surface area contributed by atoms with E-state index in [0.29, 0.717) is 24.6 Å². The highest BCUT2D eigenvalue weighted by Crippen LogP contribution is 2.47. The number of rotatable bonds is 3. The molecule has 1 aromatic heterocycles. The lowest BCUT2D eigenvalue weighted by atomic mass is 9.68. The van der Waals surface area contributed by atoms with Crippen molar-refractivity contribution in [2.24, 2.45) is 11.8 Å². The molecule has 0 N–H and O–H groups in total. The van der Waals surface area contributed by atoms with Crippen LogP contribution in [-0.2, 0) is 11.3 Å². The first-order valence-electron chi connectivity index (χ1n) is 12.8. The van der Waals surface area contributed by atoms with Crippen LogP contribution in [0.1, 0.15) is 45.4 Å². The van der Waals surface area contributed by atoms with Gasteiger partial charge in [0.1, 0.15) is 27.0 Å². The predicted molar refractivity (Wildman–Crippen MR) is 143 cm³/mol. The Morgan fingerprint density at radius 2 is 2.06 bits per heavy atom. The van der Waals surface area contributed by atoms with Crippen molar-refractivity contribution >= 4 is 45.8 Å². The maximum Gasteiger partial charge on any atom is 0.366 e. The molecule has 1 aromatic carbocycles. The smallest absolute Gasteiger partial charge is 0.366 e. The number of likely N-dealkylation sites (N-methyl/N-ethyl adjacent to an activating group) is 1. The monoisotopic (exact) mass is 512 g/mol. The number of aromatic nitrogens is 1. The van der Waals surface area contributed by atoms with Crippen LogP contribution in [0.25, 0.3) is 11.1 Å². The van der Waals surface area contributed by atoms with Crippen molar-refractivity contribution < 1.29 is 14.0 Å². The first-order valence-corrected chi connectivity index (χ1v) is 14.4. The number of fused-ring (bicyclic) bond motifs is 4. The van der Waals surface area contributed by atoms with E-state index in [1.807, 2.05) is 30.7 Å². The van der Waals surface area contributed by atoms with Crippen molar-refractivity contribution in [2.45, 2.75) is 69.0 Å². The Kier molecular flexibility index (Phi) is 6.00. The second-order valence-electron chi connectivity index (χ2n) is 10.1. The Morgan fingerprint density at radius 1 is 1.23 bits per heavy atom. The average Bonchev–Trinajstić information content (AvgIpc) is 3.49. The van der Waals surface area contributed by atoms with Gasteiger partial charge >= 0.3 is 5.90 Å². The second kappa shape index (κ2) is 9.04. The van der Waals surface area contributed by atoms with E-state index in [1.54, 1.807) is 30.2 Å². The fourth-order valence-electron chi connectivity index (χ4n) is 6.49. The molecule has 0 spiro atoms. The first-order chi connectivity index (χ1) is 17.0. The van der Waals surface area contributed by atoms with E-state index in [0.717, 1.165) is 42.4 Å². The standard InChI is InChI=1S/C27H34N3O3S2/c1-5-30-23(15-22-28(2)19-12-10-16-8-6-7-9-18(16)24(19)33-22)35-25(26(30)31)27-29(3)20-14-17(32-4)11-13-21(20)34-27/h11,13-16,18-19,24H,5-10,12H2,1-4H3/q+1/b27-25-. The summed E-state index contributed by atoms with van der Waals surface area (Å²) >= 11 is 3.23. The van der Waals surface area contributed by atoms with Crippen LogP contribution < -0.4 is 24.4 Å². The molecule has 6 nitrogen and oxygen atoms in total. The molecular formula is C27H34N3O3S2+. The number of nitrogens with zero attached hydrogens (tertiary/aromatic N) is 3. The van der Waals surface area contributed by atoms with Crippen molar-refractivity contribution in [3.05, 3.63) is 37.7 Å². The van der Waals surface area contributed by atoms with Crippen LogP contribution in [0.2, 0.25) is 0 Å². The van der Waals surface area contributed by atoms with E-state index < -0.39 is 0 Å². The minimum absolute atomic E-state index is 0.0730. The van der Waals surface area contributed by atoms with Gasteiger partial charge in [-0.1, -0.05) is 31.0 Å². The Hall–Kier alpha value is -2.19. The molecule has 2 saturated carbocycles. The second-order valence-corrected chi connectivity index (χ2v) is 12.2. The minimum atomic E-state index is 0.0730. The van der Waals surface area contributed by atoms with Gasteiger partial charge < -0.3 is 14.4 Å². The maximum atomic E-state index is 13.5. The molecule has 2 aromatic rings. The zero-order valence-corrected chi connectivity index (χ0v) is 22.6. The van der Waals surface area contributed by atoms with Crippen LogP contribution in [0.15, 0.2) is 27.9 Å². The zero-order chi connectivity index (χ0) is 24.3. The quantitative estimate of drug-likeness (QED) is 0.590. The van der Waals surface area contributed by atoms with Crippen LogP contribution >= 0.6 is 23.1 Å². The van der Waals surface area contributed by atoms with Crippen LogP contribution in [-0.4, -0.2) is 48.4 Å². The molecule has 2 fully saturated rings. The molecule has 35 heavy (non-hydrogen) atoms. The summed E-state index contributed by atoms with van der Waals surface area (Å²) in [6.45, 7) is 2.68. The molecule has 2 aliphatic carbocycles. The molecule has 4 aliphatic rings. The van der Waals surface area contributed by atoms with E-state index in [9.17, 15) is 4.79 Å². The number of anilines is 1. The first kappa shape index (κ1) is 23.2. The Bertz CT molecular complexity index is 1370. The number of hydrogen-bond donors (Lipinski definition) is 0. The van der Waals surface area contributed by atoms with E-state index >= 15 is 0 Å². The SMILES string of the molecule is CCn1c(=CC2=[N+](C)C3CCC4CCCCC4C3O2)s/c(=C2\Sc3ccc(OC)cc3N2C)c1=O. The van der Waals surface area contributed by atoms with Gasteiger partial charge in [0, 0.05) is 36.9 Å². The van der Waals surface area contributed by atoms with Gasteiger partial charge in [-0.05, 0) is 37.8 Å². The average molecular weight is 513 g/mol. The van der Waals surface area contributed by atoms with Crippen molar-refractivity contribution in [3.8, 4) is 5.75 Å². The van der Waals surface area contributed by atoms with Gasteiger partial charge in [-0.15, -0.1) is 11.3 Å². The highest BCUT2D eigenvalue weighted by Gasteiger charge is 2.51. The molecule has 8 heteroatoms. The summed E-state index contributed by atoms with van der Waals surface area (Å²) in [4.78, 5) is 16.8. The molecule has 186 valence electrons. The fraction of sp³-hybridized carbons (Fsp3) is 0.556. The maximum absolute atomic E-state index is 13.5. The molecule has 0 radical (unpaired) electrons. The summed E-state index contributed by atoms with van der Waals surface area (Å²) in [7, 11) is 5.88. The Morgan fingerprint density at radius 3 is 2.86 bits per heavy atom. The van der Waals surface area contributed by atoms with Crippen LogP contribution in [0.5, 0.6) is 5.75 Å². The molecule has 0 amide bonds. The topological polar surface area (TPSA) is 46.7 Å². The van der Waals surface area contributed by atoms with Gasteiger partial charge in [-0.3, -0.25) is 9.36 Å². The zero-order valence-electron chi connectivity index (χ0n) is 21.0. The summed E-state index contributed by atoms with van der Waals surface area (Å²) in [5.74, 6) is 3.25. The van der Waals surface area contributed by atoms with E-state index in [4.69, 9.17) is 9.47 Å². The summed E-state index contributed by atoms with van der Waals surface area (Å²) in [6.07, 6.45) is 10.3. The number of hydrogen-bond acceptors (Lipinski definition) is 6. The summed E-state index contributed by atoms with van der Waals surface area (Å²) < 4.78 is 18.1. The molecule has 4 atom stereocenters. The highest BCUT2D eigenvalue weighted by atomic mass is 32.2. The summed E-state index contributed by atoms with van der Waals surface area (Å²) in [5.41, 5.74) is 1.15. The molecule has 0 bridgehead atoms. The number of thioether (sulfide) groups is 1. The molecule has 3 heterocycles. The van der Waals surface area contributed by atoms with Crippen molar-refractivity contribution in [1.82, 2.24) is 4.57 Å². The molecule has 4 unspecified atom stereocenters. The van der Waals surface area contributed by atoms with Crippen LogP contribution in [0.4, 0.5) is 5.69 Å². The third-order valence-corrected chi connectivity index (χ3v) is 10.9. The predicted octanol–water partition coefficient (Wildman–Crippen LogP) is 3.44. The molecule has 6 rings (SSSR count). The van der Waals surface area contributed by atoms with E-state index in [2.05, 4.69) is 28.7 Å². The van der Waals surface area contributed by atoms with Crippen molar-refractivity contribution in [1.29, 1.82) is 0 Å². The Labute approximate surface area is 214 Å². The van der Waals surface area contributed by atoms with Gasteiger partial charge in [0.05, 0.1) is 18.9 Å². The minimum Gasteiger partial charge on any atom is -0.497 e. The van der Waals surface area contributed by atoms with Crippen molar-refractivity contribution in [2.75, 3.05) is 26.1 Å².